The summed E-state index contributed by atoms with van der Waals surface area (Å²) in [6, 6.07) is 4.14. The Kier molecular flexibility index (Phi) is 4.80. The van der Waals surface area contributed by atoms with Gasteiger partial charge in [0.2, 0.25) is 5.91 Å². The van der Waals surface area contributed by atoms with E-state index in [1.807, 2.05) is 6.92 Å². The number of aryl methyl sites for hydroxylation is 1. The van der Waals surface area contributed by atoms with Crippen LogP contribution in [0, 0.1) is 6.92 Å². The lowest BCUT2D eigenvalue weighted by atomic mass is 10.1. The minimum Gasteiger partial charge on any atom is -0.507 e. The quantitative estimate of drug-likeness (QED) is 0.858. The lowest BCUT2D eigenvalue weighted by Gasteiger charge is -2.29. The van der Waals surface area contributed by atoms with E-state index in [0.717, 1.165) is 5.56 Å². The molecule has 1 aromatic carbocycles. The van der Waals surface area contributed by atoms with Gasteiger partial charge in [0, 0.05) is 13.1 Å². The highest BCUT2D eigenvalue weighted by Crippen LogP contribution is 2.18. The van der Waals surface area contributed by atoms with Crippen molar-refractivity contribution in [2.24, 2.45) is 0 Å². The average molecular weight is 292 g/mol. The molecule has 1 aromatic rings. The fourth-order valence-corrected chi connectivity index (χ4v) is 2.23. The number of hydrogen-bond donors (Lipinski definition) is 2. The molecule has 1 aliphatic heterocycles. The summed E-state index contributed by atoms with van der Waals surface area (Å²) < 4.78 is 5.19. The first-order chi connectivity index (χ1) is 9.99. The summed E-state index contributed by atoms with van der Waals surface area (Å²) in [6.07, 6.45) is 0. The van der Waals surface area contributed by atoms with Gasteiger partial charge in [-0.1, -0.05) is 11.6 Å². The summed E-state index contributed by atoms with van der Waals surface area (Å²) in [5.41, 5.74) is 1.04. The van der Waals surface area contributed by atoms with Crippen LogP contribution in [0.1, 0.15) is 22.8 Å². The van der Waals surface area contributed by atoms with Crippen LogP contribution in [0.15, 0.2) is 18.2 Å². The molecule has 0 saturated carbocycles. The number of phenols is 1. The molecule has 1 fully saturated rings. The molecule has 2 N–H and O–H groups in total. The first-order valence-electron chi connectivity index (χ1n) is 6.96. The van der Waals surface area contributed by atoms with Gasteiger partial charge in [-0.15, -0.1) is 0 Å². The zero-order chi connectivity index (χ0) is 15.4. The topological polar surface area (TPSA) is 78.9 Å². The number of nitrogens with zero attached hydrogens (tertiary/aromatic N) is 1. The van der Waals surface area contributed by atoms with Gasteiger partial charge in [0.1, 0.15) is 11.8 Å². The summed E-state index contributed by atoms with van der Waals surface area (Å²) >= 11 is 0. The molecule has 1 saturated heterocycles. The highest BCUT2D eigenvalue weighted by atomic mass is 16.5. The Morgan fingerprint density at radius 3 is 2.67 bits per heavy atom. The summed E-state index contributed by atoms with van der Waals surface area (Å²) in [7, 11) is 0. The predicted molar refractivity (Wildman–Crippen MR) is 77.2 cm³/mol. The second-order valence-corrected chi connectivity index (χ2v) is 5.15. The number of benzene rings is 1. The lowest BCUT2D eigenvalue weighted by molar-refractivity contribution is -0.136. The Labute approximate surface area is 123 Å². The molecule has 6 nitrogen and oxygen atoms in total. The molecule has 1 unspecified atom stereocenters. The number of morpholine rings is 1. The van der Waals surface area contributed by atoms with Crippen LogP contribution in [0.25, 0.3) is 0 Å². The van der Waals surface area contributed by atoms with Gasteiger partial charge < -0.3 is 20.1 Å². The van der Waals surface area contributed by atoms with Crippen LogP contribution in [0.2, 0.25) is 0 Å². The third-order valence-corrected chi connectivity index (χ3v) is 3.44. The highest BCUT2D eigenvalue weighted by molar-refractivity contribution is 5.99. The minimum absolute atomic E-state index is 0.0934. The Balaban J connectivity index is 2.01. The second kappa shape index (κ2) is 6.58. The molecule has 1 atom stereocenters. The Morgan fingerprint density at radius 2 is 2.00 bits per heavy atom. The molecule has 0 bridgehead atoms. The molecule has 1 heterocycles. The second-order valence-electron chi connectivity index (χ2n) is 5.15. The Bertz CT molecular complexity index is 538. The number of phenolic OH excluding ortho intramolecular Hbond substituents is 1. The van der Waals surface area contributed by atoms with Crippen LogP contribution in [-0.2, 0) is 9.53 Å². The van der Waals surface area contributed by atoms with Gasteiger partial charge in [-0.3, -0.25) is 9.59 Å². The van der Waals surface area contributed by atoms with Crippen LogP contribution in [-0.4, -0.2) is 54.2 Å². The molecule has 114 valence electrons. The lowest BCUT2D eigenvalue weighted by Crippen LogP contribution is -2.50. The number of hydrogen-bond acceptors (Lipinski definition) is 4. The summed E-state index contributed by atoms with van der Waals surface area (Å²) in [6.45, 7) is 5.58. The number of carbonyl (C=O) groups excluding carboxylic acids is 2. The zero-order valence-corrected chi connectivity index (χ0v) is 12.3. The predicted octanol–water partition coefficient (Wildman–Crippen LogP) is 0.678. The van der Waals surface area contributed by atoms with Crippen LogP contribution >= 0.6 is 0 Å². The summed E-state index contributed by atoms with van der Waals surface area (Å²) in [4.78, 5) is 26.0. The maximum atomic E-state index is 12.2. The molecule has 0 spiro atoms. The van der Waals surface area contributed by atoms with Gasteiger partial charge in [-0.25, -0.2) is 0 Å². The van der Waals surface area contributed by atoms with Crippen molar-refractivity contribution in [3.63, 3.8) is 0 Å². The van der Waals surface area contributed by atoms with Crippen LogP contribution < -0.4 is 5.32 Å². The van der Waals surface area contributed by atoms with E-state index in [2.05, 4.69) is 5.32 Å². The number of carbonyl (C=O) groups is 2. The van der Waals surface area contributed by atoms with E-state index >= 15 is 0 Å². The highest BCUT2D eigenvalue weighted by Gasteiger charge is 2.24. The maximum absolute atomic E-state index is 12.2. The molecule has 0 aliphatic carbocycles. The summed E-state index contributed by atoms with van der Waals surface area (Å²) in [5, 5.41) is 12.4. The van der Waals surface area contributed by atoms with Crippen molar-refractivity contribution in [3.8, 4) is 5.75 Å². The minimum atomic E-state index is -0.643. The van der Waals surface area contributed by atoms with Crippen molar-refractivity contribution >= 4 is 11.8 Å². The van der Waals surface area contributed by atoms with Gasteiger partial charge in [-0.05, 0) is 26.0 Å². The molecule has 21 heavy (non-hydrogen) atoms. The average Bonchev–Trinajstić information content (AvgIpc) is 2.49. The van der Waals surface area contributed by atoms with Gasteiger partial charge in [0.05, 0.1) is 18.8 Å². The molecular formula is C15H20N2O4. The van der Waals surface area contributed by atoms with E-state index in [1.54, 1.807) is 24.0 Å². The van der Waals surface area contributed by atoms with Crippen molar-refractivity contribution in [1.82, 2.24) is 10.2 Å². The first-order valence-corrected chi connectivity index (χ1v) is 6.96. The number of amides is 2. The molecule has 0 aromatic heterocycles. The van der Waals surface area contributed by atoms with Crippen LogP contribution in [0.3, 0.4) is 0 Å². The van der Waals surface area contributed by atoms with Crippen molar-refractivity contribution in [2.75, 3.05) is 26.3 Å². The van der Waals surface area contributed by atoms with Crippen molar-refractivity contribution in [2.45, 2.75) is 19.9 Å². The van der Waals surface area contributed by atoms with Gasteiger partial charge in [-0.2, -0.15) is 0 Å². The molecule has 2 amide bonds. The monoisotopic (exact) mass is 292 g/mol. The SMILES string of the molecule is Cc1ccc(O)c(C(=O)NC(C)C(=O)N2CCOCC2)c1. The van der Waals surface area contributed by atoms with Gasteiger partial charge in [0.15, 0.2) is 0 Å². The van der Waals surface area contributed by atoms with Crippen molar-refractivity contribution in [3.05, 3.63) is 29.3 Å². The summed E-state index contributed by atoms with van der Waals surface area (Å²) in [5.74, 6) is -0.687. The zero-order valence-electron chi connectivity index (χ0n) is 12.3. The number of rotatable bonds is 3. The fourth-order valence-electron chi connectivity index (χ4n) is 2.23. The van der Waals surface area contributed by atoms with E-state index in [-0.39, 0.29) is 17.2 Å². The van der Waals surface area contributed by atoms with E-state index in [4.69, 9.17) is 4.74 Å². The number of nitrogens with one attached hydrogen (secondary N) is 1. The van der Waals surface area contributed by atoms with E-state index in [9.17, 15) is 14.7 Å². The Hall–Kier alpha value is -2.08. The Morgan fingerprint density at radius 1 is 1.33 bits per heavy atom. The third-order valence-electron chi connectivity index (χ3n) is 3.44. The first kappa shape index (κ1) is 15.3. The molecule has 0 radical (unpaired) electrons. The molecular weight excluding hydrogens is 272 g/mol. The smallest absolute Gasteiger partial charge is 0.255 e. The molecule has 1 aliphatic rings. The van der Waals surface area contributed by atoms with Crippen molar-refractivity contribution < 1.29 is 19.4 Å². The number of ether oxygens (including phenoxy) is 1. The van der Waals surface area contributed by atoms with Gasteiger partial charge >= 0.3 is 0 Å². The van der Waals surface area contributed by atoms with E-state index < -0.39 is 11.9 Å². The third kappa shape index (κ3) is 3.72. The number of aromatic hydroxyl groups is 1. The van der Waals surface area contributed by atoms with Crippen molar-refractivity contribution in [1.29, 1.82) is 0 Å². The van der Waals surface area contributed by atoms with E-state index in [0.29, 0.717) is 26.3 Å². The van der Waals surface area contributed by atoms with Crippen LogP contribution in [0.4, 0.5) is 0 Å². The molecule has 2 rings (SSSR count). The largest absolute Gasteiger partial charge is 0.507 e. The maximum Gasteiger partial charge on any atom is 0.255 e. The fraction of sp³-hybridized carbons (Fsp3) is 0.467. The van der Waals surface area contributed by atoms with Gasteiger partial charge in [0.25, 0.3) is 5.91 Å². The van der Waals surface area contributed by atoms with Crippen LogP contribution in [0.5, 0.6) is 5.75 Å². The standard InChI is InChI=1S/C15H20N2O4/c1-10-3-4-13(18)12(9-10)14(19)16-11(2)15(20)17-5-7-21-8-6-17/h3-4,9,11,18H,5-8H2,1-2H3,(H,16,19). The van der Waals surface area contributed by atoms with E-state index in [1.165, 1.54) is 6.07 Å². The molecule has 6 heteroatoms. The normalized spacial score (nSPS) is 16.4.